The highest BCUT2D eigenvalue weighted by atomic mass is 32.1. The molecule has 8 heteroatoms. The first-order chi connectivity index (χ1) is 16.9. The van der Waals surface area contributed by atoms with E-state index < -0.39 is 35.6 Å². The number of carbonyl (C=O) groups is 3. The summed E-state index contributed by atoms with van der Waals surface area (Å²) in [5.74, 6) is -3.47. The Kier molecular flexibility index (Phi) is 7.50. The van der Waals surface area contributed by atoms with E-state index >= 15 is 0 Å². The van der Waals surface area contributed by atoms with Gasteiger partial charge in [0.1, 0.15) is 11.7 Å². The topological polar surface area (TPSA) is 91.3 Å². The van der Waals surface area contributed by atoms with Gasteiger partial charge < -0.3 is 14.2 Å². The zero-order valence-electron chi connectivity index (χ0n) is 20.3. The maximum absolute atomic E-state index is 14.2. The summed E-state index contributed by atoms with van der Waals surface area (Å²) in [6.45, 7) is 5.62. The Morgan fingerprint density at radius 1 is 1.09 bits per heavy atom. The maximum Gasteiger partial charge on any atom is 0.336 e. The number of rotatable bonds is 7. The monoisotopic (exact) mass is 495 g/mol. The van der Waals surface area contributed by atoms with Crippen LogP contribution in [0.3, 0.4) is 0 Å². The summed E-state index contributed by atoms with van der Waals surface area (Å²) in [5.41, 5.74) is 3.23. The van der Waals surface area contributed by atoms with E-state index in [2.05, 4.69) is 0 Å². The SMILES string of the molecule is CCOC(=O)C1=C(C)N=C2C[C@@H](c3cccc(OC)c3)[C@H](C(=O)OCC)C(=O)C2[C@@H]1c1ccsc1. The number of esters is 2. The number of aliphatic imine (C=N–C) groups is 1. The Hall–Kier alpha value is -3.26. The van der Waals surface area contributed by atoms with Crippen LogP contribution in [0.25, 0.3) is 0 Å². The average Bonchev–Trinajstić information content (AvgIpc) is 3.38. The third-order valence-electron chi connectivity index (χ3n) is 6.61. The van der Waals surface area contributed by atoms with Crippen LogP contribution >= 0.6 is 11.3 Å². The second kappa shape index (κ2) is 10.6. The summed E-state index contributed by atoms with van der Waals surface area (Å²) >= 11 is 1.49. The molecule has 184 valence electrons. The number of hydrogen-bond acceptors (Lipinski definition) is 8. The minimum atomic E-state index is -1.02. The highest BCUT2D eigenvalue weighted by Crippen LogP contribution is 2.48. The molecular weight excluding hydrogens is 466 g/mol. The Bertz CT molecular complexity index is 1180. The summed E-state index contributed by atoms with van der Waals surface area (Å²) in [6.07, 6.45) is 0.390. The van der Waals surface area contributed by atoms with Crippen molar-refractivity contribution in [3.8, 4) is 5.75 Å². The molecule has 0 amide bonds. The van der Waals surface area contributed by atoms with Crippen LogP contribution in [-0.4, -0.2) is 43.8 Å². The zero-order chi connectivity index (χ0) is 25.1. The number of fused-ring (bicyclic) bond motifs is 1. The van der Waals surface area contributed by atoms with Crippen LogP contribution < -0.4 is 4.74 Å². The molecule has 1 unspecified atom stereocenters. The summed E-state index contributed by atoms with van der Waals surface area (Å²) in [7, 11) is 1.58. The molecule has 0 radical (unpaired) electrons. The lowest BCUT2D eigenvalue weighted by molar-refractivity contribution is -0.153. The van der Waals surface area contributed by atoms with Crippen molar-refractivity contribution in [2.24, 2.45) is 16.8 Å². The highest BCUT2D eigenvalue weighted by molar-refractivity contribution is 7.08. The first kappa shape index (κ1) is 24.9. The molecule has 2 heterocycles. The van der Waals surface area contributed by atoms with Crippen LogP contribution in [0.15, 0.2) is 57.4 Å². The van der Waals surface area contributed by atoms with Crippen molar-refractivity contribution in [1.29, 1.82) is 0 Å². The largest absolute Gasteiger partial charge is 0.497 e. The first-order valence-corrected chi connectivity index (χ1v) is 12.7. The molecule has 1 fully saturated rings. The number of nitrogens with zero attached hydrogens (tertiary/aromatic N) is 1. The molecule has 4 atom stereocenters. The lowest BCUT2D eigenvalue weighted by Crippen LogP contribution is -2.48. The van der Waals surface area contributed by atoms with Crippen LogP contribution in [0, 0.1) is 11.8 Å². The van der Waals surface area contributed by atoms with E-state index in [0.717, 1.165) is 11.1 Å². The van der Waals surface area contributed by atoms with Gasteiger partial charge in [-0.3, -0.25) is 14.6 Å². The van der Waals surface area contributed by atoms with Crippen LogP contribution in [-0.2, 0) is 23.9 Å². The van der Waals surface area contributed by atoms with Crippen molar-refractivity contribution in [1.82, 2.24) is 0 Å². The predicted octanol–water partition coefficient (Wildman–Crippen LogP) is 4.68. The molecule has 1 aliphatic carbocycles. The van der Waals surface area contributed by atoms with Gasteiger partial charge in [-0.2, -0.15) is 11.3 Å². The smallest absolute Gasteiger partial charge is 0.336 e. The molecule has 1 aliphatic heterocycles. The number of benzene rings is 1. The molecule has 2 aromatic rings. The normalized spacial score (nSPS) is 23.9. The van der Waals surface area contributed by atoms with Gasteiger partial charge in [0.2, 0.25) is 0 Å². The molecule has 4 rings (SSSR count). The molecule has 7 nitrogen and oxygen atoms in total. The van der Waals surface area contributed by atoms with Crippen LogP contribution in [0.5, 0.6) is 5.75 Å². The van der Waals surface area contributed by atoms with Crippen molar-refractivity contribution < 1.29 is 28.6 Å². The quantitative estimate of drug-likeness (QED) is 0.409. The number of methoxy groups -OCH3 is 1. The molecular formula is C27H29NO6S. The second-order valence-corrected chi connectivity index (χ2v) is 9.33. The van der Waals surface area contributed by atoms with E-state index in [-0.39, 0.29) is 19.0 Å². The summed E-state index contributed by atoms with van der Waals surface area (Å²) in [6, 6.07) is 9.30. The van der Waals surface area contributed by atoms with Crippen molar-refractivity contribution in [3.05, 3.63) is 63.5 Å². The van der Waals surface area contributed by atoms with E-state index in [1.807, 2.05) is 41.1 Å². The summed E-state index contributed by atoms with van der Waals surface area (Å²) < 4.78 is 16.1. The number of hydrogen-bond donors (Lipinski definition) is 0. The van der Waals surface area contributed by atoms with Crippen molar-refractivity contribution in [2.75, 3.05) is 20.3 Å². The molecule has 1 aromatic heterocycles. The van der Waals surface area contributed by atoms with Crippen molar-refractivity contribution >= 4 is 34.8 Å². The standard InChI is InChI=1S/C27H29NO6S/c1-5-33-26(30)21-15(3)28-20-13-19(16-8-7-9-18(12-16)32-4)23(27(31)34-6-2)25(29)24(20)22(21)17-10-11-35-14-17/h7-12,14,19,22-24H,5-6,13H2,1-4H3/t19-,22+,23-,24?/m0/s1. The van der Waals surface area contributed by atoms with Crippen LogP contribution in [0.4, 0.5) is 0 Å². The molecule has 0 bridgehead atoms. The Morgan fingerprint density at radius 2 is 1.86 bits per heavy atom. The van der Waals surface area contributed by atoms with Gasteiger partial charge >= 0.3 is 11.9 Å². The fourth-order valence-electron chi connectivity index (χ4n) is 5.15. The first-order valence-electron chi connectivity index (χ1n) is 11.7. The average molecular weight is 496 g/mol. The van der Waals surface area contributed by atoms with Gasteiger partial charge in [-0.15, -0.1) is 0 Å². The Balaban J connectivity index is 1.86. The van der Waals surface area contributed by atoms with E-state index in [4.69, 9.17) is 19.2 Å². The minimum Gasteiger partial charge on any atom is -0.497 e. The molecule has 0 N–H and O–H groups in total. The van der Waals surface area contributed by atoms with Crippen molar-refractivity contribution in [3.63, 3.8) is 0 Å². The van der Waals surface area contributed by atoms with Gasteiger partial charge in [-0.25, -0.2) is 4.79 Å². The minimum absolute atomic E-state index is 0.167. The number of ketones is 1. The van der Waals surface area contributed by atoms with Gasteiger partial charge in [-0.1, -0.05) is 12.1 Å². The molecule has 35 heavy (non-hydrogen) atoms. The van der Waals surface area contributed by atoms with E-state index in [9.17, 15) is 14.4 Å². The second-order valence-electron chi connectivity index (χ2n) is 8.55. The molecule has 0 spiro atoms. The molecule has 2 aliphatic rings. The van der Waals surface area contributed by atoms with Crippen molar-refractivity contribution in [2.45, 2.75) is 39.0 Å². The Labute approximate surface area is 208 Å². The number of allylic oxidation sites excluding steroid dienone is 1. The van der Waals surface area contributed by atoms with Gasteiger partial charge in [-0.05, 0) is 67.3 Å². The lowest BCUT2D eigenvalue weighted by atomic mass is 9.62. The lowest BCUT2D eigenvalue weighted by Gasteiger charge is -2.41. The Morgan fingerprint density at radius 3 is 2.51 bits per heavy atom. The van der Waals surface area contributed by atoms with E-state index in [1.165, 1.54) is 11.3 Å². The highest BCUT2D eigenvalue weighted by Gasteiger charge is 2.53. The zero-order valence-corrected chi connectivity index (χ0v) is 21.1. The number of carbonyl (C=O) groups excluding carboxylic acids is 3. The molecule has 0 saturated heterocycles. The summed E-state index contributed by atoms with van der Waals surface area (Å²) in [4.78, 5) is 45.1. The number of Topliss-reactive ketones (excluding diaryl/α,β-unsaturated/α-hetero) is 1. The molecule has 1 aromatic carbocycles. The van der Waals surface area contributed by atoms with Gasteiger partial charge in [0, 0.05) is 23.2 Å². The number of thiophene rings is 1. The van der Waals surface area contributed by atoms with Crippen LogP contribution in [0.2, 0.25) is 0 Å². The maximum atomic E-state index is 14.2. The fourth-order valence-corrected chi connectivity index (χ4v) is 5.85. The fraction of sp³-hybridized carbons (Fsp3) is 0.407. The van der Waals surface area contributed by atoms with Gasteiger partial charge in [0.05, 0.1) is 31.8 Å². The molecule has 1 saturated carbocycles. The number of ether oxygens (including phenoxy) is 3. The van der Waals surface area contributed by atoms with Crippen LogP contribution in [0.1, 0.15) is 50.2 Å². The summed E-state index contributed by atoms with van der Waals surface area (Å²) in [5, 5.41) is 3.84. The third-order valence-corrected chi connectivity index (χ3v) is 7.31. The van der Waals surface area contributed by atoms with E-state index in [1.54, 1.807) is 27.9 Å². The van der Waals surface area contributed by atoms with Gasteiger partial charge in [0.25, 0.3) is 0 Å². The van der Waals surface area contributed by atoms with E-state index in [0.29, 0.717) is 29.2 Å². The predicted molar refractivity (Wildman–Crippen MR) is 133 cm³/mol. The van der Waals surface area contributed by atoms with Gasteiger partial charge in [0.15, 0.2) is 5.78 Å². The third kappa shape index (κ3) is 4.67.